The van der Waals surface area contributed by atoms with E-state index in [1.54, 1.807) is 6.92 Å². The first-order chi connectivity index (χ1) is 8.16. The number of H-pyrrole nitrogens is 1. The summed E-state index contributed by atoms with van der Waals surface area (Å²) >= 11 is 0. The van der Waals surface area contributed by atoms with Crippen molar-refractivity contribution in [3.05, 3.63) is 35.8 Å². The molecule has 3 rings (SSSR count). The molecule has 1 aromatic heterocycles. The number of carbonyl (C=O) groups excluding carboxylic acids is 1. The number of para-hydroxylation sites is 2. The van der Waals surface area contributed by atoms with Crippen LogP contribution in [0.4, 0.5) is 0 Å². The third-order valence-corrected chi connectivity index (χ3v) is 2.76. The van der Waals surface area contributed by atoms with Crippen LogP contribution in [-0.2, 0) is 9.53 Å². The molecule has 0 amide bonds. The van der Waals surface area contributed by atoms with Crippen LogP contribution < -0.4 is 0 Å². The highest BCUT2D eigenvalue weighted by molar-refractivity contribution is 6.18. The Labute approximate surface area is 96.7 Å². The predicted molar refractivity (Wildman–Crippen MR) is 61.2 cm³/mol. The van der Waals surface area contributed by atoms with Crippen LogP contribution in [0, 0.1) is 0 Å². The van der Waals surface area contributed by atoms with Gasteiger partial charge in [-0.25, -0.2) is 9.78 Å². The summed E-state index contributed by atoms with van der Waals surface area (Å²) in [5.74, 6) is -0.277. The SMILES string of the molecule is CC1OC(=O)C(c2nc3ccccc3[nH]2)=C1O. The highest BCUT2D eigenvalue weighted by atomic mass is 16.6. The van der Waals surface area contributed by atoms with Gasteiger partial charge in [-0.2, -0.15) is 0 Å². The number of ether oxygens (including phenoxy) is 1. The van der Waals surface area contributed by atoms with Crippen LogP contribution in [0.2, 0.25) is 0 Å². The Kier molecular flexibility index (Phi) is 1.95. The predicted octanol–water partition coefficient (Wildman–Crippen LogP) is 1.78. The standard InChI is InChI=1S/C12H10N2O3/c1-6-10(15)9(12(16)17-6)11-13-7-4-2-3-5-8(7)14-11/h2-6,15H,1H3,(H,13,14). The Hall–Kier alpha value is -2.30. The number of nitrogens with one attached hydrogen (secondary N) is 1. The normalized spacial score (nSPS) is 20.1. The number of fused-ring (bicyclic) bond motifs is 1. The van der Waals surface area contributed by atoms with E-state index in [2.05, 4.69) is 9.97 Å². The molecular formula is C12H10N2O3. The molecule has 1 aromatic carbocycles. The smallest absolute Gasteiger partial charge is 0.346 e. The van der Waals surface area contributed by atoms with Crippen LogP contribution in [0.15, 0.2) is 30.0 Å². The van der Waals surface area contributed by atoms with Gasteiger partial charge in [0.05, 0.1) is 11.0 Å². The summed E-state index contributed by atoms with van der Waals surface area (Å²) < 4.78 is 4.91. The lowest BCUT2D eigenvalue weighted by Crippen LogP contribution is -2.05. The first-order valence-corrected chi connectivity index (χ1v) is 5.26. The van der Waals surface area contributed by atoms with Gasteiger partial charge in [-0.05, 0) is 19.1 Å². The van der Waals surface area contributed by atoms with Crippen LogP contribution >= 0.6 is 0 Å². The molecule has 2 aromatic rings. The summed E-state index contributed by atoms with van der Waals surface area (Å²) in [5.41, 5.74) is 1.68. The first-order valence-electron chi connectivity index (χ1n) is 5.26. The molecule has 86 valence electrons. The number of benzene rings is 1. The average molecular weight is 230 g/mol. The Morgan fingerprint density at radius 2 is 2.18 bits per heavy atom. The van der Waals surface area contributed by atoms with Gasteiger partial charge < -0.3 is 14.8 Å². The molecule has 2 heterocycles. The van der Waals surface area contributed by atoms with Crippen molar-refractivity contribution in [3.8, 4) is 0 Å². The maximum absolute atomic E-state index is 11.6. The highest BCUT2D eigenvalue weighted by Gasteiger charge is 2.34. The number of esters is 1. The van der Waals surface area contributed by atoms with E-state index in [0.29, 0.717) is 5.82 Å². The van der Waals surface area contributed by atoms with Crippen LogP contribution in [0.25, 0.3) is 16.6 Å². The van der Waals surface area contributed by atoms with Crippen molar-refractivity contribution in [2.24, 2.45) is 0 Å². The molecule has 0 spiro atoms. The van der Waals surface area contributed by atoms with Crippen LogP contribution in [-0.4, -0.2) is 27.1 Å². The molecule has 17 heavy (non-hydrogen) atoms. The van der Waals surface area contributed by atoms with Crippen molar-refractivity contribution in [2.45, 2.75) is 13.0 Å². The molecule has 5 heteroatoms. The maximum atomic E-state index is 11.6. The van der Waals surface area contributed by atoms with Crippen molar-refractivity contribution in [1.29, 1.82) is 0 Å². The lowest BCUT2D eigenvalue weighted by Gasteiger charge is -1.99. The minimum absolute atomic E-state index is 0.0749. The van der Waals surface area contributed by atoms with Gasteiger partial charge in [-0.15, -0.1) is 0 Å². The maximum Gasteiger partial charge on any atom is 0.346 e. The average Bonchev–Trinajstić information content (AvgIpc) is 2.81. The Morgan fingerprint density at radius 3 is 2.82 bits per heavy atom. The van der Waals surface area contributed by atoms with Gasteiger partial charge in [0, 0.05) is 0 Å². The number of cyclic esters (lactones) is 1. The van der Waals surface area contributed by atoms with E-state index in [4.69, 9.17) is 4.74 Å². The number of imidazole rings is 1. The second-order valence-electron chi connectivity index (χ2n) is 3.91. The lowest BCUT2D eigenvalue weighted by atomic mass is 10.2. The number of hydrogen-bond donors (Lipinski definition) is 2. The zero-order chi connectivity index (χ0) is 12.0. The van der Waals surface area contributed by atoms with E-state index in [1.165, 1.54) is 0 Å². The van der Waals surface area contributed by atoms with Crippen molar-refractivity contribution in [3.63, 3.8) is 0 Å². The molecule has 0 fully saturated rings. The van der Waals surface area contributed by atoms with Crippen LogP contribution in [0.3, 0.4) is 0 Å². The molecule has 1 aliphatic rings. The molecule has 0 aliphatic carbocycles. The van der Waals surface area contributed by atoms with Crippen molar-refractivity contribution < 1.29 is 14.6 Å². The summed E-state index contributed by atoms with van der Waals surface area (Å²) in [6, 6.07) is 7.41. The summed E-state index contributed by atoms with van der Waals surface area (Å²) in [6.45, 7) is 1.61. The number of hydrogen-bond acceptors (Lipinski definition) is 4. The van der Waals surface area contributed by atoms with Crippen molar-refractivity contribution in [1.82, 2.24) is 9.97 Å². The second kappa shape index (κ2) is 3.35. The zero-order valence-electron chi connectivity index (χ0n) is 9.10. The largest absolute Gasteiger partial charge is 0.507 e. The van der Waals surface area contributed by atoms with Crippen molar-refractivity contribution >= 4 is 22.6 Å². The minimum Gasteiger partial charge on any atom is -0.507 e. The molecule has 0 saturated heterocycles. The number of aromatic nitrogens is 2. The van der Waals surface area contributed by atoms with E-state index in [1.807, 2.05) is 24.3 Å². The van der Waals surface area contributed by atoms with E-state index >= 15 is 0 Å². The summed E-state index contributed by atoms with van der Waals surface area (Å²) in [6.07, 6.45) is -0.606. The molecule has 0 bridgehead atoms. The summed E-state index contributed by atoms with van der Waals surface area (Å²) in [7, 11) is 0. The molecule has 2 N–H and O–H groups in total. The molecular weight excluding hydrogens is 220 g/mol. The topological polar surface area (TPSA) is 75.2 Å². The van der Waals surface area contributed by atoms with Crippen molar-refractivity contribution in [2.75, 3.05) is 0 Å². The summed E-state index contributed by atoms with van der Waals surface area (Å²) in [5, 5.41) is 9.78. The van der Waals surface area contributed by atoms with E-state index in [9.17, 15) is 9.90 Å². The number of aliphatic hydroxyl groups excluding tert-OH is 1. The van der Waals surface area contributed by atoms with E-state index < -0.39 is 12.1 Å². The quantitative estimate of drug-likeness (QED) is 0.732. The van der Waals surface area contributed by atoms with Crippen LogP contribution in [0.1, 0.15) is 12.7 Å². The van der Waals surface area contributed by atoms with Gasteiger partial charge in [-0.3, -0.25) is 0 Å². The highest BCUT2D eigenvalue weighted by Crippen LogP contribution is 2.28. The Morgan fingerprint density at radius 1 is 1.41 bits per heavy atom. The number of carbonyl (C=O) groups is 1. The second-order valence-corrected chi connectivity index (χ2v) is 3.91. The number of nitrogens with zero attached hydrogens (tertiary/aromatic N) is 1. The monoisotopic (exact) mass is 230 g/mol. The fourth-order valence-electron chi connectivity index (χ4n) is 1.87. The number of rotatable bonds is 1. The van der Waals surface area contributed by atoms with Crippen LogP contribution in [0.5, 0.6) is 0 Å². The van der Waals surface area contributed by atoms with Gasteiger partial charge in [0.2, 0.25) is 0 Å². The summed E-state index contributed by atoms with van der Waals surface area (Å²) in [4.78, 5) is 18.8. The fraction of sp³-hybridized carbons (Fsp3) is 0.167. The van der Waals surface area contributed by atoms with Gasteiger partial charge >= 0.3 is 5.97 Å². The minimum atomic E-state index is -0.606. The third-order valence-electron chi connectivity index (χ3n) is 2.76. The molecule has 0 radical (unpaired) electrons. The first kappa shape index (κ1) is 9.89. The lowest BCUT2D eigenvalue weighted by molar-refractivity contribution is -0.137. The van der Waals surface area contributed by atoms with Gasteiger partial charge in [0.25, 0.3) is 0 Å². The molecule has 1 unspecified atom stereocenters. The zero-order valence-corrected chi connectivity index (χ0v) is 9.10. The van der Waals surface area contributed by atoms with Gasteiger partial charge in [-0.1, -0.05) is 12.1 Å². The van der Waals surface area contributed by atoms with Gasteiger partial charge in [0.1, 0.15) is 11.4 Å². The number of aromatic amines is 1. The number of aliphatic hydroxyl groups is 1. The Balaban J connectivity index is 2.19. The van der Waals surface area contributed by atoms with Gasteiger partial charge in [0.15, 0.2) is 11.9 Å². The molecule has 0 saturated carbocycles. The van der Waals surface area contributed by atoms with E-state index in [0.717, 1.165) is 11.0 Å². The Bertz CT molecular complexity index is 609. The molecule has 5 nitrogen and oxygen atoms in total. The molecule has 1 atom stereocenters. The molecule has 1 aliphatic heterocycles. The van der Waals surface area contributed by atoms with E-state index in [-0.39, 0.29) is 11.3 Å². The third kappa shape index (κ3) is 1.39. The fourth-order valence-corrected chi connectivity index (χ4v) is 1.87.